The Morgan fingerprint density at radius 1 is 1.21 bits per heavy atom. The van der Waals surface area contributed by atoms with Crippen molar-refractivity contribution >= 4 is 41.0 Å². The molecule has 0 aliphatic carbocycles. The molecular weight excluding hydrogens is 241 g/mol. The summed E-state index contributed by atoms with van der Waals surface area (Å²) in [6.07, 6.45) is 0. The molecule has 0 radical (unpaired) electrons. The molecule has 0 spiro atoms. The number of nitrogens with zero attached hydrogens (tertiary/aromatic N) is 2. The van der Waals surface area contributed by atoms with Gasteiger partial charge in [0.15, 0.2) is 0 Å². The van der Waals surface area contributed by atoms with Gasteiger partial charge in [-0.2, -0.15) is 0 Å². The first-order valence-electron chi connectivity index (χ1n) is 4.23. The van der Waals surface area contributed by atoms with Gasteiger partial charge in [0.25, 0.3) is 0 Å². The Balaban J connectivity index is 2.66. The molecule has 2 N–H and O–H groups in total. The number of benzene rings is 1. The Hall–Kier alpha value is -1.38. The number of rotatable bonds is 0. The molecule has 0 bridgehead atoms. The number of pyridine rings is 1. The van der Waals surface area contributed by atoms with Gasteiger partial charge in [0.05, 0.1) is 0 Å². The van der Waals surface area contributed by atoms with E-state index in [2.05, 4.69) is 16.0 Å². The minimum atomic E-state index is 0.312. The third-order valence-electron chi connectivity index (χ3n) is 2.20. The van der Waals surface area contributed by atoms with Gasteiger partial charge in [0, 0.05) is 0 Å². The van der Waals surface area contributed by atoms with Crippen LogP contribution in [0.15, 0.2) is 29.3 Å². The van der Waals surface area contributed by atoms with Crippen molar-refractivity contribution in [1.82, 2.24) is 9.97 Å². The first-order chi connectivity index (χ1) is 6.86. The summed E-state index contributed by atoms with van der Waals surface area (Å²) in [5, 5.41) is 3.14. The zero-order valence-corrected chi connectivity index (χ0v) is 8.98. The van der Waals surface area contributed by atoms with Crippen molar-refractivity contribution < 1.29 is 0 Å². The standard InChI is InChI=1S/C10H7N3Se/c11-10-8-9(14-5-12-8)6-3-1-2-4-7(6)13-10/h1-5H,(H2,11,13). The molecule has 0 aliphatic heterocycles. The fourth-order valence-electron chi connectivity index (χ4n) is 1.57. The van der Waals surface area contributed by atoms with Gasteiger partial charge in [-0.15, -0.1) is 0 Å². The molecule has 2 aromatic heterocycles. The minimum absolute atomic E-state index is 0.312. The summed E-state index contributed by atoms with van der Waals surface area (Å²) in [5.74, 6) is 0.550. The van der Waals surface area contributed by atoms with E-state index in [1.165, 1.54) is 9.65 Å². The number of fused-ring (bicyclic) bond motifs is 3. The molecule has 0 unspecified atom stereocenters. The maximum atomic E-state index is 5.82. The van der Waals surface area contributed by atoms with Gasteiger partial charge in [0.2, 0.25) is 0 Å². The first-order valence-corrected chi connectivity index (χ1v) is 6.08. The Labute approximate surface area is 86.3 Å². The van der Waals surface area contributed by atoms with Crippen molar-refractivity contribution in [3.8, 4) is 0 Å². The van der Waals surface area contributed by atoms with Gasteiger partial charge in [-0.1, -0.05) is 0 Å². The Morgan fingerprint density at radius 2 is 2.07 bits per heavy atom. The van der Waals surface area contributed by atoms with Gasteiger partial charge in [-0.25, -0.2) is 0 Å². The van der Waals surface area contributed by atoms with Crippen LogP contribution in [0.2, 0.25) is 0 Å². The molecular formula is C10H7N3Se. The van der Waals surface area contributed by atoms with E-state index in [1.54, 1.807) is 0 Å². The van der Waals surface area contributed by atoms with E-state index < -0.39 is 0 Å². The molecule has 0 atom stereocenters. The molecule has 3 aromatic rings. The summed E-state index contributed by atoms with van der Waals surface area (Å²) in [4.78, 5) is 8.59. The molecule has 1 aromatic carbocycles. The second-order valence-corrected chi connectivity index (χ2v) is 4.84. The number of anilines is 1. The molecule has 3 rings (SSSR count). The normalized spacial score (nSPS) is 11.1. The quantitative estimate of drug-likeness (QED) is 0.612. The van der Waals surface area contributed by atoms with Crippen LogP contribution in [-0.4, -0.2) is 24.5 Å². The molecule has 14 heavy (non-hydrogen) atoms. The van der Waals surface area contributed by atoms with E-state index >= 15 is 0 Å². The van der Waals surface area contributed by atoms with Gasteiger partial charge in [0.1, 0.15) is 0 Å². The average molecular weight is 248 g/mol. The summed E-state index contributed by atoms with van der Waals surface area (Å²) >= 11 is 0.312. The molecule has 3 nitrogen and oxygen atoms in total. The molecule has 0 saturated carbocycles. The fraction of sp³-hybridized carbons (Fsp3) is 0. The molecule has 0 amide bonds. The van der Waals surface area contributed by atoms with Gasteiger partial charge in [-0.05, 0) is 0 Å². The summed E-state index contributed by atoms with van der Waals surface area (Å²) in [6, 6.07) is 8.07. The van der Waals surface area contributed by atoms with Crippen molar-refractivity contribution in [2.45, 2.75) is 0 Å². The van der Waals surface area contributed by atoms with Crippen molar-refractivity contribution in [2.75, 3.05) is 5.73 Å². The zero-order chi connectivity index (χ0) is 9.54. The van der Waals surface area contributed by atoms with Crippen molar-refractivity contribution in [1.29, 1.82) is 0 Å². The van der Waals surface area contributed by atoms with Crippen molar-refractivity contribution in [2.24, 2.45) is 0 Å². The van der Waals surface area contributed by atoms with E-state index in [0.29, 0.717) is 20.3 Å². The van der Waals surface area contributed by atoms with E-state index in [4.69, 9.17) is 5.73 Å². The summed E-state index contributed by atoms with van der Waals surface area (Å²) in [6.45, 7) is 0. The van der Waals surface area contributed by atoms with Crippen LogP contribution >= 0.6 is 0 Å². The molecule has 0 aliphatic rings. The molecule has 0 saturated heterocycles. The number of aromatic nitrogens is 2. The van der Waals surface area contributed by atoms with Crippen molar-refractivity contribution in [3.63, 3.8) is 0 Å². The third kappa shape index (κ3) is 0.983. The molecule has 68 valence electrons. The van der Waals surface area contributed by atoms with Crippen LogP contribution in [0.4, 0.5) is 5.82 Å². The number of nitrogens with two attached hydrogens (primary N) is 1. The average Bonchev–Trinajstić information content (AvgIpc) is 2.67. The predicted molar refractivity (Wildman–Crippen MR) is 58.4 cm³/mol. The van der Waals surface area contributed by atoms with Crippen LogP contribution in [-0.2, 0) is 0 Å². The number of hydrogen-bond donors (Lipinski definition) is 1. The number of hydrogen-bond acceptors (Lipinski definition) is 3. The Morgan fingerprint density at radius 3 is 3.00 bits per heavy atom. The van der Waals surface area contributed by atoms with Crippen LogP contribution in [0.3, 0.4) is 0 Å². The molecule has 0 fully saturated rings. The second kappa shape index (κ2) is 2.80. The molecule has 4 heteroatoms. The third-order valence-corrected chi connectivity index (χ3v) is 4.00. The van der Waals surface area contributed by atoms with E-state index in [1.807, 2.05) is 23.3 Å². The first kappa shape index (κ1) is 7.97. The predicted octanol–water partition coefficient (Wildman–Crippen LogP) is 1.42. The maximum absolute atomic E-state index is 5.82. The monoisotopic (exact) mass is 249 g/mol. The van der Waals surface area contributed by atoms with E-state index in [9.17, 15) is 0 Å². The van der Waals surface area contributed by atoms with Gasteiger partial charge in [-0.3, -0.25) is 0 Å². The van der Waals surface area contributed by atoms with Crippen molar-refractivity contribution in [3.05, 3.63) is 29.3 Å². The SMILES string of the molecule is Nc1nc2ccccc2c2[se]cnc12. The van der Waals surface area contributed by atoms with Crippen LogP contribution in [0.5, 0.6) is 0 Å². The zero-order valence-electron chi connectivity index (χ0n) is 7.27. The van der Waals surface area contributed by atoms with Crippen LogP contribution in [0, 0.1) is 0 Å². The van der Waals surface area contributed by atoms with Crippen LogP contribution in [0.1, 0.15) is 0 Å². The van der Waals surface area contributed by atoms with E-state index in [0.717, 1.165) is 11.0 Å². The second-order valence-electron chi connectivity index (χ2n) is 3.04. The Kier molecular flexibility index (Phi) is 1.60. The summed E-state index contributed by atoms with van der Waals surface area (Å²) < 4.78 is 1.26. The fourth-order valence-corrected chi connectivity index (χ4v) is 3.31. The topological polar surface area (TPSA) is 51.8 Å². The van der Waals surface area contributed by atoms with Crippen LogP contribution < -0.4 is 5.73 Å². The summed E-state index contributed by atoms with van der Waals surface area (Å²) in [5.41, 5.74) is 7.67. The van der Waals surface area contributed by atoms with E-state index in [-0.39, 0.29) is 0 Å². The van der Waals surface area contributed by atoms with Gasteiger partial charge < -0.3 is 0 Å². The van der Waals surface area contributed by atoms with Crippen LogP contribution in [0.25, 0.3) is 20.7 Å². The number of para-hydroxylation sites is 1. The molecule has 2 heterocycles. The number of nitrogen functional groups attached to an aromatic ring is 1. The Bertz CT molecular complexity index is 615. The summed E-state index contributed by atoms with van der Waals surface area (Å²) in [7, 11) is 0. The van der Waals surface area contributed by atoms with Gasteiger partial charge >= 0.3 is 86.0 Å².